The first-order valence-electron chi connectivity index (χ1n) is 8.14. The third kappa shape index (κ3) is 4.62. The molecule has 2 rings (SSSR count). The van der Waals surface area contributed by atoms with Crippen LogP contribution in [0.25, 0.3) is 0 Å². The second kappa shape index (κ2) is 8.36. The number of thiocarbonyl (C=S) groups is 1. The van der Waals surface area contributed by atoms with E-state index in [1.54, 1.807) is 0 Å². The lowest BCUT2D eigenvalue weighted by atomic mass is 10.1. The van der Waals surface area contributed by atoms with Crippen molar-refractivity contribution in [2.75, 3.05) is 28.6 Å². The van der Waals surface area contributed by atoms with Crippen LogP contribution in [0.5, 0.6) is 0 Å². The van der Waals surface area contributed by atoms with Gasteiger partial charge in [0, 0.05) is 35.2 Å². The lowest BCUT2D eigenvalue weighted by Crippen LogP contribution is -2.22. The maximum atomic E-state index is 6.15. The molecule has 24 heavy (non-hydrogen) atoms. The van der Waals surface area contributed by atoms with E-state index < -0.39 is 0 Å². The number of hydrogen-bond donors (Lipinski definition) is 2. The maximum absolute atomic E-state index is 6.15. The molecule has 0 atom stereocenters. The van der Waals surface area contributed by atoms with Crippen molar-refractivity contribution in [1.82, 2.24) is 0 Å². The average molecular weight is 362 g/mol. The van der Waals surface area contributed by atoms with E-state index in [4.69, 9.17) is 23.8 Å². The van der Waals surface area contributed by atoms with Gasteiger partial charge in [0.25, 0.3) is 0 Å². The fourth-order valence-electron chi connectivity index (χ4n) is 2.53. The van der Waals surface area contributed by atoms with Crippen LogP contribution in [0.2, 0.25) is 5.02 Å². The van der Waals surface area contributed by atoms with Gasteiger partial charge in [-0.3, -0.25) is 0 Å². The molecular formula is C19H24ClN3S. The highest BCUT2D eigenvalue weighted by molar-refractivity contribution is 7.80. The van der Waals surface area contributed by atoms with Gasteiger partial charge in [0.2, 0.25) is 0 Å². The molecule has 2 aromatic rings. The zero-order valence-corrected chi connectivity index (χ0v) is 16.2. The highest BCUT2D eigenvalue weighted by Crippen LogP contribution is 2.24. The summed E-state index contributed by atoms with van der Waals surface area (Å²) in [6.45, 7) is 10.4. The van der Waals surface area contributed by atoms with Crippen molar-refractivity contribution in [3.05, 3.63) is 52.5 Å². The van der Waals surface area contributed by atoms with Crippen molar-refractivity contribution in [2.45, 2.75) is 27.7 Å². The summed E-state index contributed by atoms with van der Waals surface area (Å²) in [5.41, 5.74) is 5.31. The number of benzene rings is 2. The second-order valence-electron chi connectivity index (χ2n) is 5.71. The normalized spacial score (nSPS) is 10.4. The van der Waals surface area contributed by atoms with Crippen molar-refractivity contribution >= 4 is 46.0 Å². The molecule has 5 heteroatoms. The molecule has 0 fully saturated rings. The summed E-state index contributed by atoms with van der Waals surface area (Å²) in [5.74, 6) is 0. The molecule has 0 aliphatic heterocycles. The minimum Gasteiger partial charge on any atom is -0.372 e. The summed E-state index contributed by atoms with van der Waals surface area (Å²) < 4.78 is 0. The molecule has 0 spiro atoms. The van der Waals surface area contributed by atoms with Crippen LogP contribution in [-0.2, 0) is 0 Å². The SMILES string of the molecule is CCN(CC)c1ccc(NC(=S)Nc2ccc(C)c(Cl)c2)c(C)c1. The number of halogens is 1. The van der Waals surface area contributed by atoms with E-state index in [9.17, 15) is 0 Å². The van der Waals surface area contributed by atoms with Gasteiger partial charge in [0.15, 0.2) is 5.11 Å². The fraction of sp³-hybridized carbons (Fsp3) is 0.316. The van der Waals surface area contributed by atoms with Gasteiger partial charge in [-0.25, -0.2) is 0 Å². The lowest BCUT2D eigenvalue weighted by Gasteiger charge is -2.22. The van der Waals surface area contributed by atoms with E-state index in [1.807, 2.05) is 25.1 Å². The third-order valence-corrected chi connectivity index (χ3v) is 4.63. The molecule has 0 saturated carbocycles. The van der Waals surface area contributed by atoms with Crippen molar-refractivity contribution in [1.29, 1.82) is 0 Å². The quantitative estimate of drug-likeness (QED) is 0.676. The lowest BCUT2D eigenvalue weighted by molar-refractivity contribution is 0.866. The molecule has 0 amide bonds. The monoisotopic (exact) mass is 361 g/mol. The van der Waals surface area contributed by atoms with Gasteiger partial charge in [0.1, 0.15) is 0 Å². The molecule has 0 aliphatic rings. The molecule has 0 bridgehead atoms. The van der Waals surface area contributed by atoms with Gasteiger partial charge in [-0.2, -0.15) is 0 Å². The summed E-state index contributed by atoms with van der Waals surface area (Å²) >= 11 is 11.6. The van der Waals surface area contributed by atoms with Crippen LogP contribution in [0.15, 0.2) is 36.4 Å². The van der Waals surface area contributed by atoms with E-state index >= 15 is 0 Å². The summed E-state index contributed by atoms with van der Waals surface area (Å²) in [5, 5.41) is 7.70. The van der Waals surface area contributed by atoms with E-state index in [0.717, 1.165) is 40.6 Å². The minimum atomic E-state index is 0.550. The van der Waals surface area contributed by atoms with Crippen LogP contribution in [0.4, 0.5) is 17.1 Å². The number of rotatable bonds is 5. The molecule has 0 unspecified atom stereocenters. The second-order valence-corrected chi connectivity index (χ2v) is 6.53. The first kappa shape index (κ1) is 18.6. The largest absolute Gasteiger partial charge is 0.372 e. The Kier molecular flexibility index (Phi) is 6.46. The molecule has 0 heterocycles. The minimum absolute atomic E-state index is 0.550. The Morgan fingerprint density at radius 1 is 1.00 bits per heavy atom. The number of anilines is 3. The number of aryl methyl sites for hydroxylation is 2. The van der Waals surface area contributed by atoms with Gasteiger partial charge >= 0.3 is 0 Å². The molecule has 3 nitrogen and oxygen atoms in total. The van der Waals surface area contributed by atoms with Crippen LogP contribution in [0.3, 0.4) is 0 Å². The van der Waals surface area contributed by atoms with E-state index in [2.05, 4.69) is 54.5 Å². The Bertz CT molecular complexity index is 727. The first-order valence-corrected chi connectivity index (χ1v) is 8.93. The highest BCUT2D eigenvalue weighted by atomic mass is 35.5. The van der Waals surface area contributed by atoms with Crippen molar-refractivity contribution < 1.29 is 0 Å². The molecular weight excluding hydrogens is 338 g/mol. The topological polar surface area (TPSA) is 27.3 Å². The van der Waals surface area contributed by atoms with Crippen molar-refractivity contribution in [2.24, 2.45) is 0 Å². The van der Waals surface area contributed by atoms with E-state index in [-0.39, 0.29) is 0 Å². The maximum Gasteiger partial charge on any atom is 0.175 e. The van der Waals surface area contributed by atoms with Crippen molar-refractivity contribution in [3.63, 3.8) is 0 Å². The first-order chi connectivity index (χ1) is 11.4. The Balaban J connectivity index is 2.07. The van der Waals surface area contributed by atoms with Crippen LogP contribution in [-0.4, -0.2) is 18.2 Å². The van der Waals surface area contributed by atoms with Gasteiger partial charge in [-0.15, -0.1) is 0 Å². The van der Waals surface area contributed by atoms with Gasteiger partial charge in [0.05, 0.1) is 0 Å². The van der Waals surface area contributed by atoms with E-state index in [0.29, 0.717) is 5.11 Å². The molecule has 0 aliphatic carbocycles. The zero-order valence-electron chi connectivity index (χ0n) is 14.6. The van der Waals surface area contributed by atoms with Gasteiger partial charge < -0.3 is 15.5 Å². The fourth-order valence-corrected chi connectivity index (χ4v) is 2.94. The van der Waals surface area contributed by atoms with Gasteiger partial charge in [-0.1, -0.05) is 17.7 Å². The van der Waals surface area contributed by atoms with Crippen LogP contribution in [0, 0.1) is 13.8 Å². The molecule has 128 valence electrons. The predicted molar refractivity (Wildman–Crippen MR) is 111 cm³/mol. The summed E-state index contributed by atoms with van der Waals surface area (Å²) in [4.78, 5) is 2.32. The van der Waals surface area contributed by atoms with Crippen LogP contribution >= 0.6 is 23.8 Å². The highest BCUT2D eigenvalue weighted by Gasteiger charge is 2.07. The smallest absolute Gasteiger partial charge is 0.175 e. The summed E-state index contributed by atoms with van der Waals surface area (Å²) in [7, 11) is 0. The molecule has 0 saturated heterocycles. The molecule has 0 aromatic heterocycles. The zero-order chi connectivity index (χ0) is 17.7. The Hall–Kier alpha value is -1.78. The van der Waals surface area contributed by atoms with E-state index in [1.165, 1.54) is 5.69 Å². The third-order valence-electron chi connectivity index (χ3n) is 4.02. The Morgan fingerprint density at radius 2 is 1.71 bits per heavy atom. The van der Waals surface area contributed by atoms with Gasteiger partial charge in [-0.05, 0) is 81.4 Å². The number of nitrogens with zero attached hydrogens (tertiary/aromatic N) is 1. The standard InChI is InChI=1S/C19H24ClN3S/c1-5-23(6-2)16-9-10-18(14(4)11-16)22-19(24)21-15-8-7-13(3)17(20)12-15/h7-12H,5-6H2,1-4H3,(H2,21,22,24). The van der Waals surface area contributed by atoms with Crippen molar-refractivity contribution in [3.8, 4) is 0 Å². The molecule has 2 N–H and O–H groups in total. The number of hydrogen-bond acceptors (Lipinski definition) is 2. The Morgan fingerprint density at radius 3 is 2.29 bits per heavy atom. The van der Waals surface area contributed by atoms with Crippen LogP contribution < -0.4 is 15.5 Å². The summed E-state index contributed by atoms with van der Waals surface area (Å²) in [6, 6.07) is 12.2. The molecule has 2 aromatic carbocycles. The molecule has 0 radical (unpaired) electrons. The average Bonchev–Trinajstić information content (AvgIpc) is 2.54. The number of nitrogens with one attached hydrogen (secondary N) is 2. The Labute approximate surface area is 155 Å². The summed E-state index contributed by atoms with van der Waals surface area (Å²) in [6.07, 6.45) is 0. The van der Waals surface area contributed by atoms with Crippen LogP contribution in [0.1, 0.15) is 25.0 Å². The predicted octanol–water partition coefficient (Wildman–Crippen LogP) is 5.61.